The number of para-hydroxylation sites is 2. The fourth-order valence-corrected chi connectivity index (χ4v) is 4.58. The van der Waals surface area contributed by atoms with Crippen LogP contribution in [0, 0.1) is 0 Å². The van der Waals surface area contributed by atoms with Crippen LogP contribution in [0.25, 0.3) is 0 Å². The van der Waals surface area contributed by atoms with Gasteiger partial charge in [-0.05, 0) is 60.7 Å². The van der Waals surface area contributed by atoms with Crippen molar-refractivity contribution in [3.8, 4) is 0 Å². The van der Waals surface area contributed by atoms with Gasteiger partial charge in [-0.15, -0.1) is 0 Å². The Kier molecular flexibility index (Phi) is 5.78. The first-order valence-electron chi connectivity index (χ1n) is 11.5. The number of benzene rings is 4. The maximum absolute atomic E-state index is 13.7. The number of anilines is 4. The highest BCUT2D eigenvalue weighted by Crippen LogP contribution is 2.35. The van der Waals surface area contributed by atoms with Crippen molar-refractivity contribution in [2.75, 3.05) is 9.80 Å². The van der Waals surface area contributed by atoms with E-state index in [0.717, 1.165) is 0 Å². The van der Waals surface area contributed by atoms with Gasteiger partial charge >= 0.3 is 0 Å². The maximum Gasteiger partial charge on any atom is 0.228 e. The van der Waals surface area contributed by atoms with E-state index in [1.807, 2.05) is 36.4 Å². The molecular weight excluding hydrogens is 452 g/mol. The van der Waals surface area contributed by atoms with Crippen LogP contribution in [0.4, 0.5) is 22.7 Å². The minimum Gasteiger partial charge on any atom is -0.289 e. The highest BCUT2D eigenvalue weighted by Gasteiger charge is 2.32. The summed E-state index contributed by atoms with van der Waals surface area (Å²) in [5.41, 5.74) is 3.30. The number of fused-ring (bicyclic) bond motifs is 2. The zero-order valence-corrected chi connectivity index (χ0v) is 19.8. The van der Waals surface area contributed by atoms with Gasteiger partial charge in [0.25, 0.3) is 0 Å². The molecule has 0 aromatic heterocycles. The molecule has 0 spiro atoms. The van der Waals surface area contributed by atoms with Crippen LogP contribution in [-0.4, -0.2) is 23.4 Å². The lowest BCUT2D eigenvalue weighted by molar-refractivity contribution is -0.116. The van der Waals surface area contributed by atoms with E-state index in [0.29, 0.717) is 22.7 Å². The second kappa shape index (κ2) is 9.07. The van der Waals surface area contributed by atoms with Crippen LogP contribution in [0.1, 0.15) is 45.7 Å². The van der Waals surface area contributed by atoms with E-state index < -0.39 is 0 Å². The number of hydrogen-bond acceptors (Lipinski definition) is 4. The molecule has 0 aliphatic heterocycles. The average molecular weight is 475 g/mol. The Morgan fingerprint density at radius 2 is 0.833 bits per heavy atom. The third-order valence-corrected chi connectivity index (χ3v) is 6.16. The van der Waals surface area contributed by atoms with E-state index in [2.05, 4.69) is 0 Å². The summed E-state index contributed by atoms with van der Waals surface area (Å²) in [7, 11) is 0. The van der Waals surface area contributed by atoms with Crippen LogP contribution in [0.15, 0.2) is 97.1 Å². The zero-order chi connectivity index (χ0) is 25.4. The highest BCUT2D eigenvalue weighted by atomic mass is 16.2. The third-order valence-electron chi connectivity index (χ3n) is 6.16. The predicted molar refractivity (Wildman–Crippen MR) is 138 cm³/mol. The van der Waals surface area contributed by atoms with E-state index in [1.165, 1.54) is 23.6 Å². The second-order valence-corrected chi connectivity index (χ2v) is 8.50. The Hall–Kier alpha value is -4.84. The molecule has 176 valence electrons. The molecule has 1 aliphatic rings. The van der Waals surface area contributed by atoms with Crippen molar-refractivity contribution in [3.05, 3.63) is 119 Å². The van der Waals surface area contributed by atoms with Crippen molar-refractivity contribution in [1.29, 1.82) is 0 Å². The van der Waals surface area contributed by atoms with E-state index in [9.17, 15) is 19.2 Å². The monoisotopic (exact) mass is 474 g/mol. The summed E-state index contributed by atoms with van der Waals surface area (Å²) in [6, 6.07) is 27.9. The lowest BCUT2D eigenvalue weighted by Gasteiger charge is -2.26. The van der Waals surface area contributed by atoms with Gasteiger partial charge in [-0.2, -0.15) is 0 Å². The van der Waals surface area contributed by atoms with E-state index in [4.69, 9.17) is 0 Å². The smallest absolute Gasteiger partial charge is 0.228 e. The Bertz CT molecular complexity index is 1410. The van der Waals surface area contributed by atoms with Gasteiger partial charge in [-0.25, -0.2) is 0 Å². The van der Waals surface area contributed by atoms with Crippen LogP contribution in [0.5, 0.6) is 0 Å². The van der Waals surface area contributed by atoms with Gasteiger partial charge in [0.1, 0.15) is 0 Å². The molecule has 0 bridgehead atoms. The Balaban J connectivity index is 1.60. The standard InChI is InChI=1S/C30H22N2O4/c1-19(33)31(21-9-5-3-6-10-21)23-13-15-25-27(17-23)30(36)28-18-24(14-16-26(28)29(25)35)32(20(2)34)22-11-7-4-8-12-22/h3-18H,1-2H3. The fourth-order valence-electron chi connectivity index (χ4n) is 4.58. The van der Waals surface area contributed by atoms with Gasteiger partial charge in [0.05, 0.1) is 0 Å². The molecule has 4 aromatic carbocycles. The number of amides is 2. The molecule has 0 saturated carbocycles. The Morgan fingerprint density at radius 3 is 1.19 bits per heavy atom. The minimum atomic E-state index is -0.337. The topological polar surface area (TPSA) is 74.8 Å². The molecular formula is C30H22N2O4. The van der Waals surface area contributed by atoms with Gasteiger partial charge in [0.15, 0.2) is 11.6 Å². The molecule has 6 nitrogen and oxygen atoms in total. The van der Waals surface area contributed by atoms with Crippen molar-refractivity contribution in [2.24, 2.45) is 0 Å². The third kappa shape index (κ3) is 3.88. The molecule has 5 rings (SSSR count). The summed E-state index contributed by atoms with van der Waals surface area (Å²) in [5.74, 6) is -1.06. The molecule has 36 heavy (non-hydrogen) atoms. The fraction of sp³-hybridized carbons (Fsp3) is 0.0667. The number of nitrogens with zero attached hydrogens (tertiary/aromatic N) is 2. The molecule has 0 radical (unpaired) electrons. The van der Waals surface area contributed by atoms with Crippen LogP contribution >= 0.6 is 0 Å². The van der Waals surface area contributed by atoms with Gasteiger partial charge in [-0.3, -0.25) is 29.0 Å². The summed E-state index contributed by atoms with van der Waals surface area (Å²) in [6.45, 7) is 2.89. The van der Waals surface area contributed by atoms with Crippen molar-refractivity contribution in [1.82, 2.24) is 0 Å². The number of ketones is 2. The summed E-state index contributed by atoms with van der Waals surface area (Å²) in [4.78, 5) is 55.0. The largest absolute Gasteiger partial charge is 0.289 e. The lowest BCUT2D eigenvalue weighted by atomic mass is 9.83. The van der Waals surface area contributed by atoms with Crippen LogP contribution in [-0.2, 0) is 9.59 Å². The van der Waals surface area contributed by atoms with E-state index in [-0.39, 0.29) is 45.6 Å². The summed E-state index contributed by atoms with van der Waals surface area (Å²) in [5, 5.41) is 0. The first-order chi connectivity index (χ1) is 17.4. The van der Waals surface area contributed by atoms with Gasteiger partial charge < -0.3 is 0 Å². The van der Waals surface area contributed by atoms with Gasteiger partial charge in [0.2, 0.25) is 11.8 Å². The molecule has 4 aromatic rings. The van der Waals surface area contributed by atoms with Gasteiger partial charge in [0, 0.05) is 58.9 Å². The second-order valence-electron chi connectivity index (χ2n) is 8.50. The number of rotatable bonds is 4. The average Bonchev–Trinajstić information content (AvgIpc) is 2.88. The normalized spacial score (nSPS) is 11.9. The van der Waals surface area contributed by atoms with Crippen LogP contribution in [0.2, 0.25) is 0 Å². The van der Waals surface area contributed by atoms with Gasteiger partial charge in [-0.1, -0.05) is 36.4 Å². The van der Waals surface area contributed by atoms with Crippen molar-refractivity contribution in [2.45, 2.75) is 13.8 Å². The molecule has 0 heterocycles. The molecule has 6 heteroatoms. The quantitative estimate of drug-likeness (QED) is 0.328. The number of carbonyl (C=O) groups excluding carboxylic acids is 4. The van der Waals surface area contributed by atoms with Crippen LogP contribution < -0.4 is 9.80 Å². The molecule has 2 amide bonds. The molecule has 0 saturated heterocycles. The van der Waals surface area contributed by atoms with Crippen molar-refractivity contribution < 1.29 is 19.2 Å². The van der Waals surface area contributed by atoms with E-state index in [1.54, 1.807) is 60.7 Å². The minimum absolute atomic E-state index is 0.221. The van der Waals surface area contributed by atoms with Crippen LogP contribution in [0.3, 0.4) is 0 Å². The Labute approximate surface area is 208 Å². The Morgan fingerprint density at radius 1 is 0.472 bits per heavy atom. The number of hydrogen-bond donors (Lipinski definition) is 0. The van der Waals surface area contributed by atoms with Crippen molar-refractivity contribution >= 4 is 46.1 Å². The molecule has 0 N–H and O–H groups in total. The highest BCUT2D eigenvalue weighted by molar-refractivity contribution is 6.29. The summed E-state index contributed by atoms with van der Waals surface area (Å²) >= 11 is 0. The maximum atomic E-state index is 13.7. The molecule has 0 unspecified atom stereocenters. The molecule has 1 aliphatic carbocycles. The summed E-state index contributed by atoms with van der Waals surface area (Å²) in [6.07, 6.45) is 0. The lowest BCUT2D eigenvalue weighted by Crippen LogP contribution is -2.26. The predicted octanol–water partition coefficient (Wildman–Crippen LogP) is 5.83. The molecule has 0 atom stereocenters. The van der Waals surface area contributed by atoms with E-state index >= 15 is 0 Å². The molecule has 0 fully saturated rings. The summed E-state index contributed by atoms with van der Waals surface area (Å²) < 4.78 is 0. The zero-order valence-electron chi connectivity index (χ0n) is 19.8. The first-order valence-corrected chi connectivity index (χ1v) is 11.5. The van der Waals surface area contributed by atoms with Crippen molar-refractivity contribution in [3.63, 3.8) is 0 Å². The SMILES string of the molecule is CC(=O)N(c1ccccc1)c1ccc2c(c1)C(=O)c1cc(N(C(C)=O)c3ccccc3)ccc1C2=O. The first kappa shape index (κ1) is 22.9. The number of carbonyl (C=O) groups is 4.